The molecular weight excluding hydrogens is 380 g/mol. The Kier molecular flexibility index (Phi) is 4.69. The fourth-order valence-corrected chi connectivity index (χ4v) is 4.57. The second-order valence-corrected chi connectivity index (χ2v) is 9.53. The number of anilines is 2. The molecule has 0 atom stereocenters. The minimum absolute atomic E-state index is 0.189. The Morgan fingerprint density at radius 2 is 1.56 bits per heavy atom. The molecule has 2 aromatic carbocycles. The van der Waals surface area contributed by atoms with E-state index in [1.807, 2.05) is 36.0 Å². The fraction of sp³-hybridized carbons (Fsp3) is 0.263. The molecular formula is C19H20N4O2S2. The van der Waals surface area contributed by atoms with Gasteiger partial charge in [0.25, 0.3) is 10.0 Å². The Morgan fingerprint density at radius 3 is 2.15 bits per heavy atom. The molecule has 6 nitrogen and oxygen atoms in total. The van der Waals surface area contributed by atoms with Crippen LogP contribution in [0.5, 0.6) is 0 Å². The van der Waals surface area contributed by atoms with Crippen molar-refractivity contribution in [2.45, 2.75) is 22.5 Å². The summed E-state index contributed by atoms with van der Waals surface area (Å²) < 4.78 is 28.3. The van der Waals surface area contributed by atoms with Crippen molar-refractivity contribution in [3.8, 4) is 0 Å². The van der Waals surface area contributed by atoms with Gasteiger partial charge in [0.1, 0.15) is 0 Å². The van der Waals surface area contributed by atoms with E-state index in [0.717, 1.165) is 24.9 Å². The monoisotopic (exact) mass is 400 g/mol. The van der Waals surface area contributed by atoms with E-state index in [9.17, 15) is 8.42 Å². The Bertz CT molecular complexity index is 1070. The maximum atomic E-state index is 12.7. The first-order valence-electron chi connectivity index (χ1n) is 8.65. The highest BCUT2D eigenvalue weighted by atomic mass is 32.2. The molecule has 1 aliphatic rings. The zero-order valence-electron chi connectivity index (χ0n) is 14.8. The molecule has 1 fully saturated rings. The molecule has 2 N–H and O–H groups in total. The van der Waals surface area contributed by atoms with Gasteiger partial charge < -0.3 is 5.32 Å². The van der Waals surface area contributed by atoms with Crippen molar-refractivity contribution >= 4 is 44.5 Å². The van der Waals surface area contributed by atoms with Crippen LogP contribution in [0.25, 0.3) is 11.0 Å². The average Bonchev–Trinajstić information content (AvgIpc) is 3.47. The third-order valence-electron chi connectivity index (χ3n) is 4.67. The lowest BCUT2D eigenvalue weighted by molar-refractivity contribution is 0.601. The molecule has 1 aromatic heterocycles. The molecule has 0 unspecified atom stereocenters. The number of aromatic nitrogens is 2. The number of thioether (sulfide) groups is 1. The number of hydrogen-bond acceptors (Lipinski definition) is 6. The average molecular weight is 401 g/mol. The first kappa shape index (κ1) is 18.1. The van der Waals surface area contributed by atoms with Gasteiger partial charge in [0.05, 0.1) is 15.9 Å². The van der Waals surface area contributed by atoms with Gasteiger partial charge in [0, 0.05) is 11.3 Å². The van der Waals surface area contributed by atoms with Gasteiger partial charge in [0.15, 0.2) is 11.6 Å². The number of sulfonamides is 1. The number of hydrogen-bond donors (Lipinski definition) is 2. The van der Waals surface area contributed by atoms with E-state index in [2.05, 4.69) is 26.3 Å². The van der Waals surface area contributed by atoms with E-state index in [1.165, 1.54) is 0 Å². The van der Waals surface area contributed by atoms with Crippen LogP contribution in [0.4, 0.5) is 11.6 Å². The van der Waals surface area contributed by atoms with Crippen LogP contribution in [0.3, 0.4) is 0 Å². The highest BCUT2D eigenvalue weighted by Crippen LogP contribution is 2.47. The smallest absolute Gasteiger partial charge is 0.263 e. The lowest BCUT2D eigenvalue weighted by Crippen LogP contribution is -2.21. The van der Waals surface area contributed by atoms with Crippen molar-refractivity contribution in [2.24, 2.45) is 0 Å². The molecule has 1 heterocycles. The molecule has 8 heteroatoms. The summed E-state index contributed by atoms with van der Waals surface area (Å²) in [6.45, 7) is 0.723. The Morgan fingerprint density at radius 1 is 0.963 bits per heavy atom. The lowest BCUT2D eigenvalue weighted by Gasteiger charge is -2.17. The van der Waals surface area contributed by atoms with E-state index in [0.29, 0.717) is 11.3 Å². The number of rotatable bonds is 7. The molecule has 0 radical (unpaired) electrons. The molecule has 0 spiro atoms. The Labute approximate surface area is 162 Å². The largest absolute Gasteiger partial charge is 0.366 e. The first-order chi connectivity index (χ1) is 13.0. The van der Waals surface area contributed by atoms with Crippen LogP contribution in [0.1, 0.15) is 12.8 Å². The molecule has 140 valence electrons. The summed E-state index contributed by atoms with van der Waals surface area (Å²) in [4.78, 5) is 9.31. The van der Waals surface area contributed by atoms with Crippen LogP contribution in [-0.4, -0.2) is 35.9 Å². The second kappa shape index (κ2) is 7.01. The van der Waals surface area contributed by atoms with E-state index in [1.54, 1.807) is 30.3 Å². The predicted molar refractivity (Wildman–Crippen MR) is 111 cm³/mol. The van der Waals surface area contributed by atoms with E-state index >= 15 is 0 Å². The molecule has 0 saturated heterocycles. The van der Waals surface area contributed by atoms with Crippen LogP contribution in [0, 0.1) is 0 Å². The summed E-state index contributed by atoms with van der Waals surface area (Å²) in [6, 6.07) is 15.7. The summed E-state index contributed by atoms with van der Waals surface area (Å²) in [7, 11) is -3.75. The van der Waals surface area contributed by atoms with Crippen LogP contribution in [0.15, 0.2) is 59.5 Å². The van der Waals surface area contributed by atoms with Crippen molar-refractivity contribution in [2.75, 3.05) is 22.8 Å². The van der Waals surface area contributed by atoms with Crippen molar-refractivity contribution in [1.29, 1.82) is 0 Å². The maximum absolute atomic E-state index is 12.7. The van der Waals surface area contributed by atoms with Gasteiger partial charge in [-0.25, -0.2) is 18.4 Å². The number of para-hydroxylation sites is 2. The number of fused-ring (bicyclic) bond motifs is 1. The highest BCUT2D eigenvalue weighted by Gasteiger charge is 2.41. The summed E-state index contributed by atoms with van der Waals surface area (Å²) in [6.07, 6.45) is 4.39. The summed E-state index contributed by atoms with van der Waals surface area (Å²) in [5, 5.41) is 3.31. The molecule has 4 rings (SSSR count). The zero-order chi connectivity index (χ0) is 18.9. The quantitative estimate of drug-likeness (QED) is 0.629. The fourth-order valence-electron chi connectivity index (χ4n) is 2.82. The molecule has 0 bridgehead atoms. The third kappa shape index (κ3) is 3.86. The van der Waals surface area contributed by atoms with Crippen LogP contribution >= 0.6 is 11.8 Å². The zero-order valence-corrected chi connectivity index (χ0v) is 16.5. The summed E-state index contributed by atoms with van der Waals surface area (Å²) in [5.74, 6) is 0.669. The molecule has 0 aliphatic heterocycles. The molecule has 0 amide bonds. The van der Waals surface area contributed by atoms with Crippen LogP contribution in [-0.2, 0) is 10.0 Å². The number of nitrogens with one attached hydrogen (secondary N) is 2. The SMILES string of the molecule is CSC1(CNc2nc3ccccc3nc2NS(=O)(=O)c2ccccc2)CC1. The van der Waals surface area contributed by atoms with E-state index in [-0.39, 0.29) is 15.5 Å². The van der Waals surface area contributed by atoms with E-state index in [4.69, 9.17) is 0 Å². The van der Waals surface area contributed by atoms with Crippen molar-refractivity contribution in [3.63, 3.8) is 0 Å². The normalized spacial score (nSPS) is 15.4. The van der Waals surface area contributed by atoms with Gasteiger partial charge in [-0.05, 0) is 43.4 Å². The Balaban J connectivity index is 1.70. The molecule has 1 saturated carbocycles. The number of nitrogens with zero attached hydrogens (tertiary/aromatic N) is 2. The van der Waals surface area contributed by atoms with Crippen molar-refractivity contribution in [1.82, 2.24) is 9.97 Å². The van der Waals surface area contributed by atoms with E-state index < -0.39 is 10.0 Å². The minimum atomic E-state index is -3.75. The van der Waals surface area contributed by atoms with Crippen molar-refractivity contribution in [3.05, 3.63) is 54.6 Å². The molecule has 1 aliphatic carbocycles. The second-order valence-electron chi connectivity index (χ2n) is 6.57. The van der Waals surface area contributed by atoms with Gasteiger partial charge >= 0.3 is 0 Å². The minimum Gasteiger partial charge on any atom is -0.366 e. The molecule has 27 heavy (non-hydrogen) atoms. The van der Waals surface area contributed by atoms with Gasteiger partial charge in [-0.15, -0.1) is 0 Å². The third-order valence-corrected chi connectivity index (χ3v) is 7.45. The number of benzene rings is 2. The van der Waals surface area contributed by atoms with Gasteiger partial charge in [-0.1, -0.05) is 30.3 Å². The predicted octanol–water partition coefficient (Wildman–Crippen LogP) is 3.74. The maximum Gasteiger partial charge on any atom is 0.263 e. The van der Waals surface area contributed by atoms with Gasteiger partial charge in [-0.2, -0.15) is 11.8 Å². The lowest BCUT2D eigenvalue weighted by atomic mass is 10.3. The van der Waals surface area contributed by atoms with Gasteiger partial charge in [0.2, 0.25) is 0 Å². The van der Waals surface area contributed by atoms with Gasteiger partial charge in [-0.3, -0.25) is 4.72 Å². The topological polar surface area (TPSA) is 84.0 Å². The highest BCUT2D eigenvalue weighted by molar-refractivity contribution is 8.00. The summed E-state index contributed by atoms with van der Waals surface area (Å²) in [5.41, 5.74) is 1.36. The van der Waals surface area contributed by atoms with Crippen LogP contribution < -0.4 is 10.0 Å². The standard InChI is InChI=1S/C19H20N4O2S2/c1-26-19(11-12-19)13-20-17-18(22-16-10-6-5-9-15(16)21-17)23-27(24,25)14-7-3-2-4-8-14/h2-10H,11-13H2,1H3,(H,20,21)(H,22,23). The summed E-state index contributed by atoms with van der Waals surface area (Å²) >= 11 is 1.83. The van der Waals surface area contributed by atoms with Crippen LogP contribution in [0.2, 0.25) is 0 Å². The Hall–Kier alpha value is -2.32. The first-order valence-corrected chi connectivity index (χ1v) is 11.4. The molecule has 3 aromatic rings. The van der Waals surface area contributed by atoms with Crippen molar-refractivity contribution < 1.29 is 8.42 Å².